The quantitative estimate of drug-likeness (QED) is 0.594. The maximum absolute atomic E-state index is 6.04. The molecule has 0 atom stereocenters. The van der Waals surface area contributed by atoms with E-state index in [-0.39, 0.29) is 5.41 Å². The maximum atomic E-state index is 6.04. The minimum atomic E-state index is -0.175. The fourth-order valence-corrected chi connectivity index (χ4v) is 2.13. The Kier molecular flexibility index (Phi) is 4.55. The second-order valence-electron chi connectivity index (χ2n) is 5.38. The molecule has 5 heteroatoms. The van der Waals surface area contributed by atoms with E-state index in [1.807, 2.05) is 51.3 Å². The van der Waals surface area contributed by atoms with E-state index in [0.717, 1.165) is 5.75 Å². The van der Waals surface area contributed by atoms with Gasteiger partial charge in [-0.15, -0.1) is 11.8 Å². The molecule has 0 aliphatic carbocycles. The van der Waals surface area contributed by atoms with Crippen LogP contribution in [0.2, 0.25) is 5.15 Å². The summed E-state index contributed by atoms with van der Waals surface area (Å²) in [5.74, 6) is 1.87. The summed E-state index contributed by atoms with van der Waals surface area (Å²) in [7, 11) is 0. The van der Waals surface area contributed by atoms with Crippen molar-refractivity contribution in [2.24, 2.45) is 0 Å². The number of rotatable bonds is 3. The van der Waals surface area contributed by atoms with E-state index in [1.165, 1.54) is 4.90 Å². The molecule has 0 bridgehead atoms. The van der Waals surface area contributed by atoms with Crippen molar-refractivity contribution in [2.45, 2.75) is 31.1 Å². The van der Waals surface area contributed by atoms with Gasteiger partial charge in [0.2, 0.25) is 5.88 Å². The van der Waals surface area contributed by atoms with Crippen LogP contribution in [0.4, 0.5) is 0 Å². The molecule has 106 valence electrons. The van der Waals surface area contributed by atoms with Crippen LogP contribution in [-0.2, 0) is 5.41 Å². The molecule has 0 unspecified atom stereocenters. The van der Waals surface area contributed by atoms with Gasteiger partial charge in [0.1, 0.15) is 16.7 Å². The molecule has 0 N–H and O–H groups in total. The number of ether oxygens (including phenoxy) is 1. The van der Waals surface area contributed by atoms with Crippen molar-refractivity contribution in [3.8, 4) is 11.6 Å². The number of nitrogens with zero attached hydrogens (tertiary/aromatic N) is 2. The monoisotopic (exact) mass is 308 g/mol. The second kappa shape index (κ2) is 6.02. The highest BCUT2D eigenvalue weighted by atomic mass is 35.5. The van der Waals surface area contributed by atoms with Gasteiger partial charge in [-0.3, -0.25) is 0 Å². The van der Waals surface area contributed by atoms with Crippen LogP contribution < -0.4 is 4.74 Å². The first-order chi connectivity index (χ1) is 9.38. The molecular weight excluding hydrogens is 292 g/mol. The minimum absolute atomic E-state index is 0.175. The zero-order chi connectivity index (χ0) is 14.8. The highest BCUT2D eigenvalue weighted by Gasteiger charge is 2.19. The number of benzene rings is 1. The maximum Gasteiger partial charge on any atom is 0.224 e. The van der Waals surface area contributed by atoms with Crippen LogP contribution in [0.15, 0.2) is 35.2 Å². The van der Waals surface area contributed by atoms with Gasteiger partial charge in [0.25, 0.3) is 0 Å². The van der Waals surface area contributed by atoms with Gasteiger partial charge < -0.3 is 4.74 Å². The minimum Gasteiger partial charge on any atom is -0.439 e. The van der Waals surface area contributed by atoms with Gasteiger partial charge in [0, 0.05) is 16.4 Å². The Morgan fingerprint density at radius 3 is 2.30 bits per heavy atom. The Balaban J connectivity index is 2.26. The summed E-state index contributed by atoms with van der Waals surface area (Å²) < 4.78 is 5.75. The highest BCUT2D eigenvalue weighted by molar-refractivity contribution is 7.98. The summed E-state index contributed by atoms with van der Waals surface area (Å²) in [4.78, 5) is 9.85. The zero-order valence-corrected chi connectivity index (χ0v) is 13.5. The first kappa shape index (κ1) is 15.1. The van der Waals surface area contributed by atoms with E-state index in [9.17, 15) is 0 Å². The Labute approximate surface area is 128 Å². The predicted octanol–water partition coefficient (Wildman–Crippen LogP) is 4.94. The average Bonchev–Trinajstić information content (AvgIpc) is 2.38. The van der Waals surface area contributed by atoms with Crippen molar-refractivity contribution >= 4 is 23.4 Å². The van der Waals surface area contributed by atoms with E-state index in [0.29, 0.717) is 16.9 Å². The summed E-state index contributed by atoms with van der Waals surface area (Å²) in [6.45, 7) is 6.11. The Morgan fingerprint density at radius 2 is 1.75 bits per heavy atom. The van der Waals surface area contributed by atoms with E-state index >= 15 is 0 Å². The third kappa shape index (κ3) is 3.87. The molecule has 1 aromatic carbocycles. The lowest BCUT2D eigenvalue weighted by atomic mass is 9.96. The molecule has 3 nitrogen and oxygen atoms in total. The molecule has 2 rings (SSSR count). The van der Waals surface area contributed by atoms with Crippen LogP contribution in [0.5, 0.6) is 11.6 Å². The summed E-state index contributed by atoms with van der Waals surface area (Å²) in [5.41, 5.74) is -0.175. The molecule has 1 heterocycles. The Hall–Kier alpha value is -1.26. The number of halogens is 1. The Morgan fingerprint density at radius 1 is 1.10 bits per heavy atom. The number of thioether (sulfide) groups is 1. The van der Waals surface area contributed by atoms with Crippen molar-refractivity contribution in [1.82, 2.24) is 9.97 Å². The van der Waals surface area contributed by atoms with Gasteiger partial charge in [0.05, 0.1) is 0 Å². The molecular formula is C15H17ClN2OS. The molecule has 0 saturated heterocycles. The van der Waals surface area contributed by atoms with Crippen LogP contribution in [0.25, 0.3) is 0 Å². The molecule has 0 amide bonds. The fraction of sp³-hybridized carbons (Fsp3) is 0.333. The van der Waals surface area contributed by atoms with Gasteiger partial charge >= 0.3 is 0 Å². The topological polar surface area (TPSA) is 35.0 Å². The first-order valence-electron chi connectivity index (χ1n) is 6.25. The first-order valence-corrected chi connectivity index (χ1v) is 7.86. The van der Waals surface area contributed by atoms with Crippen molar-refractivity contribution in [1.29, 1.82) is 0 Å². The van der Waals surface area contributed by atoms with E-state index in [2.05, 4.69) is 9.97 Å². The third-order valence-electron chi connectivity index (χ3n) is 2.62. The Bertz CT molecular complexity index is 594. The molecule has 2 aromatic rings. The predicted molar refractivity (Wildman–Crippen MR) is 84.0 cm³/mol. The summed E-state index contributed by atoms with van der Waals surface area (Å²) in [6, 6.07) is 9.47. The van der Waals surface area contributed by atoms with Crippen LogP contribution in [0, 0.1) is 0 Å². The normalized spacial score (nSPS) is 11.4. The standard InChI is InChI=1S/C15H17ClN2OS/c1-15(2,3)14-17-12(16)9-13(18-14)19-10-5-7-11(20-4)8-6-10/h5-9H,1-4H3. The molecule has 0 aliphatic rings. The lowest BCUT2D eigenvalue weighted by Gasteiger charge is -2.17. The van der Waals surface area contributed by atoms with Gasteiger partial charge in [-0.05, 0) is 30.5 Å². The largest absolute Gasteiger partial charge is 0.439 e. The summed E-state index contributed by atoms with van der Waals surface area (Å²) in [6.07, 6.45) is 2.04. The fourth-order valence-electron chi connectivity index (χ4n) is 1.55. The second-order valence-corrected chi connectivity index (χ2v) is 6.65. The van der Waals surface area contributed by atoms with Crippen molar-refractivity contribution in [3.05, 3.63) is 41.3 Å². The van der Waals surface area contributed by atoms with Crippen LogP contribution in [-0.4, -0.2) is 16.2 Å². The van der Waals surface area contributed by atoms with Crippen molar-refractivity contribution < 1.29 is 4.74 Å². The number of hydrogen-bond donors (Lipinski definition) is 0. The highest BCUT2D eigenvalue weighted by Crippen LogP contribution is 2.27. The summed E-state index contributed by atoms with van der Waals surface area (Å²) >= 11 is 7.73. The number of aromatic nitrogens is 2. The molecule has 0 radical (unpaired) electrons. The average molecular weight is 309 g/mol. The lowest BCUT2D eigenvalue weighted by molar-refractivity contribution is 0.445. The zero-order valence-electron chi connectivity index (χ0n) is 12.0. The van der Waals surface area contributed by atoms with Gasteiger partial charge in [-0.1, -0.05) is 32.4 Å². The molecule has 0 fully saturated rings. The molecule has 20 heavy (non-hydrogen) atoms. The van der Waals surface area contributed by atoms with Crippen molar-refractivity contribution in [2.75, 3.05) is 6.26 Å². The van der Waals surface area contributed by atoms with E-state index in [4.69, 9.17) is 16.3 Å². The van der Waals surface area contributed by atoms with Gasteiger partial charge in [-0.25, -0.2) is 4.98 Å². The molecule has 0 spiro atoms. The van der Waals surface area contributed by atoms with Crippen LogP contribution in [0.3, 0.4) is 0 Å². The third-order valence-corrected chi connectivity index (χ3v) is 3.56. The van der Waals surface area contributed by atoms with Gasteiger partial charge in [-0.2, -0.15) is 4.98 Å². The molecule has 0 saturated carbocycles. The van der Waals surface area contributed by atoms with E-state index < -0.39 is 0 Å². The SMILES string of the molecule is CSc1ccc(Oc2cc(Cl)nc(C(C)(C)C)n2)cc1. The van der Waals surface area contributed by atoms with Crippen molar-refractivity contribution in [3.63, 3.8) is 0 Å². The van der Waals surface area contributed by atoms with Crippen LogP contribution in [0.1, 0.15) is 26.6 Å². The number of hydrogen-bond acceptors (Lipinski definition) is 4. The molecule has 0 aliphatic heterocycles. The van der Waals surface area contributed by atoms with E-state index in [1.54, 1.807) is 17.8 Å². The smallest absolute Gasteiger partial charge is 0.224 e. The summed E-state index contributed by atoms with van der Waals surface area (Å²) in [5, 5.41) is 0.389. The van der Waals surface area contributed by atoms with Crippen LogP contribution >= 0.6 is 23.4 Å². The van der Waals surface area contributed by atoms with Gasteiger partial charge in [0.15, 0.2) is 0 Å². The molecule has 1 aromatic heterocycles. The lowest BCUT2D eigenvalue weighted by Crippen LogP contribution is -2.16.